The normalized spacial score (nSPS) is 12.5. The van der Waals surface area contributed by atoms with Gasteiger partial charge in [-0.25, -0.2) is 0 Å². The quantitative estimate of drug-likeness (QED) is 0.753. The van der Waals surface area contributed by atoms with E-state index in [-0.39, 0.29) is 6.04 Å². The molecule has 1 aromatic carbocycles. The van der Waals surface area contributed by atoms with Gasteiger partial charge in [0.2, 0.25) is 0 Å². The first kappa shape index (κ1) is 13.0. The Bertz CT molecular complexity index is 324. The molecule has 1 aromatic rings. The molecule has 0 saturated carbocycles. The van der Waals surface area contributed by atoms with E-state index >= 15 is 0 Å². The molecule has 0 fully saturated rings. The van der Waals surface area contributed by atoms with E-state index in [4.69, 9.17) is 15.2 Å². The summed E-state index contributed by atoms with van der Waals surface area (Å²) in [6.45, 7) is 7.89. The molecule has 3 heteroatoms. The predicted octanol–water partition coefficient (Wildman–Crippen LogP) is 2.43. The molecule has 0 aliphatic heterocycles. The van der Waals surface area contributed by atoms with Gasteiger partial charge < -0.3 is 15.2 Å². The summed E-state index contributed by atoms with van der Waals surface area (Å²) in [4.78, 5) is 0. The van der Waals surface area contributed by atoms with E-state index in [2.05, 4.69) is 13.0 Å². The molecule has 0 spiro atoms. The Kier molecular flexibility index (Phi) is 5.29. The summed E-state index contributed by atoms with van der Waals surface area (Å²) >= 11 is 0. The lowest BCUT2D eigenvalue weighted by Gasteiger charge is -2.14. The zero-order valence-corrected chi connectivity index (χ0v) is 10.3. The van der Waals surface area contributed by atoms with Crippen molar-refractivity contribution in [3.8, 4) is 5.75 Å². The van der Waals surface area contributed by atoms with E-state index in [0.717, 1.165) is 17.9 Å². The molecule has 1 atom stereocenters. The lowest BCUT2D eigenvalue weighted by Crippen LogP contribution is -2.11. The summed E-state index contributed by atoms with van der Waals surface area (Å²) in [6.07, 6.45) is 0. The highest BCUT2D eigenvalue weighted by Gasteiger charge is 2.08. The highest BCUT2D eigenvalue weighted by Crippen LogP contribution is 2.24. The van der Waals surface area contributed by atoms with Gasteiger partial charge in [-0.1, -0.05) is 17.7 Å². The van der Waals surface area contributed by atoms with Crippen LogP contribution in [0.1, 0.15) is 31.0 Å². The fraction of sp³-hybridized carbons (Fsp3) is 0.538. The van der Waals surface area contributed by atoms with Crippen LogP contribution in [0.5, 0.6) is 5.75 Å². The molecule has 0 aliphatic rings. The van der Waals surface area contributed by atoms with E-state index in [1.165, 1.54) is 5.56 Å². The van der Waals surface area contributed by atoms with Gasteiger partial charge in [0, 0.05) is 18.2 Å². The molecule has 16 heavy (non-hydrogen) atoms. The molecule has 2 N–H and O–H groups in total. The van der Waals surface area contributed by atoms with E-state index in [1.807, 2.05) is 26.0 Å². The lowest BCUT2D eigenvalue weighted by molar-refractivity contribution is 0.109. The SMILES string of the molecule is CCOCCOc1ccc(C)cc1C(C)N. The van der Waals surface area contributed by atoms with Gasteiger partial charge in [0.1, 0.15) is 12.4 Å². The van der Waals surface area contributed by atoms with Crippen molar-refractivity contribution in [2.24, 2.45) is 5.73 Å². The van der Waals surface area contributed by atoms with Crippen molar-refractivity contribution in [3.63, 3.8) is 0 Å². The molecular formula is C13H21NO2. The Balaban J connectivity index is 2.64. The van der Waals surface area contributed by atoms with E-state index in [1.54, 1.807) is 0 Å². The second kappa shape index (κ2) is 6.51. The van der Waals surface area contributed by atoms with Crippen molar-refractivity contribution < 1.29 is 9.47 Å². The number of hydrogen-bond acceptors (Lipinski definition) is 3. The average molecular weight is 223 g/mol. The summed E-state index contributed by atoms with van der Waals surface area (Å²) in [7, 11) is 0. The van der Waals surface area contributed by atoms with Gasteiger partial charge in [-0.05, 0) is 26.8 Å². The van der Waals surface area contributed by atoms with Crippen molar-refractivity contribution in [2.45, 2.75) is 26.8 Å². The topological polar surface area (TPSA) is 44.5 Å². The van der Waals surface area contributed by atoms with Crippen LogP contribution < -0.4 is 10.5 Å². The van der Waals surface area contributed by atoms with Gasteiger partial charge in [0.25, 0.3) is 0 Å². The Morgan fingerprint density at radius 1 is 1.31 bits per heavy atom. The monoisotopic (exact) mass is 223 g/mol. The maximum atomic E-state index is 5.90. The van der Waals surface area contributed by atoms with Crippen molar-refractivity contribution >= 4 is 0 Å². The van der Waals surface area contributed by atoms with Crippen molar-refractivity contribution in [3.05, 3.63) is 29.3 Å². The maximum Gasteiger partial charge on any atom is 0.124 e. The molecule has 1 unspecified atom stereocenters. The van der Waals surface area contributed by atoms with Gasteiger partial charge in [0.05, 0.1) is 6.61 Å². The Hall–Kier alpha value is -1.06. The fourth-order valence-electron chi connectivity index (χ4n) is 1.51. The summed E-state index contributed by atoms with van der Waals surface area (Å²) in [5.74, 6) is 0.861. The minimum Gasteiger partial charge on any atom is -0.491 e. The number of rotatable bonds is 6. The molecule has 90 valence electrons. The van der Waals surface area contributed by atoms with E-state index < -0.39 is 0 Å². The number of hydrogen-bond donors (Lipinski definition) is 1. The molecule has 3 nitrogen and oxygen atoms in total. The average Bonchev–Trinajstić information content (AvgIpc) is 2.26. The van der Waals surface area contributed by atoms with Crippen LogP contribution >= 0.6 is 0 Å². The zero-order valence-electron chi connectivity index (χ0n) is 10.3. The molecule has 0 aliphatic carbocycles. The van der Waals surface area contributed by atoms with Crippen molar-refractivity contribution in [1.29, 1.82) is 0 Å². The number of ether oxygens (including phenoxy) is 2. The molecule has 0 heterocycles. The summed E-state index contributed by atoms with van der Waals surface area (Å²) in [6, 6.07) is 6.06. The van der Waals surface area contributed by atoms with Crippen LogP contribution in [0.4, 0.5) is 0 Å². The third-order valence-corrected chi connectivity index (χ3v) is 2.35. The molecule has 0 radical (unpaired) electrons. The minimum absolute atomic E-state index is 0.0120. The Labute approximate surface area is 97.6 Å². The molecular weight excluding hydrogens is 202 g/mol. The third-order valence-electron chi connectivity index (χ3n) is 2.35. The van der Waals surface area contributed by atoms with Gasteiger partial charge >= 0.3 is 0 Å². The second-order valence-corrected chi connectivity index (χ2v) is 3.88. The van der Waals surface area contributed by atoms with Crippen LogP contribution in [0.15, 0.2) is 18.2 Å². The van der Waals surface area contributed by atoms with E-state index in [9.17, 15) is 0 Å². The lowest BCUT2D eigenvalue weighted by atomic mass is 10.1. The molecule has 0 saturated heterocycles. The standard InChI is InChI=1S/C13H21NO2/c1-4-15-7-8-16-13-6-5-10(2)9-12(13)11(3)14/h5-6,9,11H,4,7-8,14H2,1-3H3. The first-order chi connectivity index (χ1) is 7.65. The van der Waals surface area contributed by atoms with Crippen molar-refractivity contribution in [1.82, 2.24) is 0 Å². The first-order valence-corrected chi connectivity index (χ1v) is 5.71. The number of aryl methyl sites for hydroxylation is 1. The summed E-state index contributed by atoms with van der Waals surface area (Å²) in [5, 5.41) is 0. The van der Waals surface area contributed by atoms with Crippen molar-refractivity contribution in [2.75, 3.05) is 19.8 Å². The van der Waals surface area contributed by atoms with Crippen LogP contribution in [-0.4, -0.2) is 19.8 Å². The summed E-state index contributed by atoms with van der Waals surface area (Å²) < 4.78 is 10.9. The van der Waals surface area contributed by atoms with Gasteiger partial charge in [-0.2, -0.15) is 0 Å². The smallest absolute Gasteiger partial charge is 0.124 e. The van der Waals surface area contributed by atoms with Gasteiger partial charge in [-0.3, -0.25) is 0 Å². The Morgan fingerprint density at radius 3 is 2.69 bits per heavy atom. The van der Waals surface area contributed by atoms with Crippen LogP contribution in [0.25, 0.3) is 0 Å². The van der Waals surface area contributed by atoms with Crippen LogP contribution in [0.3, 0.4) is 0 Å². The van der Waals surface area contributed by atoms with Crippen LogP contribution in [0, 0.1) is 6.92 Å². The highest BCUT2D eigenvalue weighted by atomic mass is 16.5. The fourth-order valence-corrected chi connectivity index (χ4v) is 1.51. The summed E-state index contributed by atoms with van der Waals surface area (Å²) in [5.41, 5.74) is 8.15. The number of nitrogens with two attached hydrogens (primary N) is 1. The largest absolute Gasteiger partial charge is 0.491 e. The maximum absolute atomic E-state index is 5.90. The van der Waals surface area contributed by atoms with Crippen LogP contribution in [-0.2, 0) is 4.74 Å². The highest BCUT2D eigenvalue weighted by molar-refractivity contribution is 5.38. The molecule has 0 bridgehead atoms. The molecule has 1 rings (SSSR count). The minimum atomic E-state index is -0.0120. The second-order valence-electron chi connectivity index (χ2n) is 3.88. The van der Waals surface area contributed by atoms with Crippen LogP contribution in [0.2, 0.25) is 0 Å². The Morgan fingerprint density at radius 2 is 2.06 bits per heavy atom. The molecule has 0 amide bonds. The molecule has 0 aromatic heterocycles. The first-order valence-electron chi connectivity index (χ1n) is 5.71. The van der Waals surface area contributed by atoms with E-state index in [0.29, 0.717) is 13.2 Å². The number of benzene rings is 1. The van der Waals surface area contributed by atoms with Gasteiger partial charge in [0.15, 0.2) is 0 Å². The van der Waals surface area contributed by atoms with Gasteiger partial charge in [-0.15, -0.1) is 0 Å². The third kappa shape index (κ3) is 3.83. The zero-order chi connectivity index (χ0) is 12.0. The predicted molar refractivity (Wildman–Crippen MR) is 65.8 cm³/mol.